The Bertz CT molecular complexity index is 193. The first-order valence-electron chi connectivity index (χ1n) is 4.70. The first-order valence-corrected chi connectivity index (χ1v) is 4.70. The molecule has 2 saturated carbocycles. The fraction of sp³-hybridized carbons (Fsp3) is 0.889. The molecular weight excluding hydrogens is 154 g/mol. The summed E-state index contributed by atoms with van der Waals surface area (Å²) >= 11 is 0. The normalized spacial score (nSPS) is 37.8. The molecule has 0 heterocycles. The lowest BCUT2D eigenvalue weighted by Gasteiger charge is -2.10. The summed E-state index contributed by atoms with van der Waals surface area (Å²) in [6.07, 6.45) is 4.09. The zero-order valence-corrected chi connectivity index (χ0v) is 7.12. The number of rotatable bonds is 4. The summed E-state index contributed by atoms with van der Waals surface area (Å²) in [6, 6.07) is 0. The average molecular weight is 169 g/mol. The van der Waals surface area contributed by atoms with Gasteiger partial charge in [0.15, 0.2) is 0 Å². The van der Waals surface area contributed by atoms with Crippen LogP contribution in [-0.4, -0.2) is 24.2 Å². The second-order valence-corrected chi connectivity index (χ2v) is 4.02. The van der Waals surface area contributed by atoms with E-state index in [1.54, 1.807) is 0 Å². The van der Waals surface area contributed by atoms with Crippen LogP contribution < -0.4 is 5.32 Å². The minimum absolute atomic E-state index is 0.119. The molecule has 0 amide bonds. The minimum atomic E-state index is -0.750. The average Bonchev–Trinajstić information content (AvgIpc) is 2.68. The topological polar surface area (TPSA) is 49.3 Å². The van der Waals surface area contributed by atoms with Crippen LogP contribution in [-0.2, 0) is 4.79 Å². The molecule has 3 nitrogen and oxygen atoms in total. The minimum Gasteiger partial charge on any atom is -0.480 e. The summed E-state index contributed by atoms with van der Waals surface area (Å²) in [5.74, 6) is 1.96. The van der Waals surface area contributed by atoms with Crippen LogP contribution in [0, 0.1) is 17.8 Å². The van der Waals surface area contributed by atoms with Crippen molar-refractivity contribution in [3.63, 3.8) is 0 Å². The van der Waals surface area contributed by atoms with Crippen molar-refractivity contribution < 1.29 is 9.90 Å². The lowest BCUT2D eigenvalue weighted by atomic mass is 10.0. The van der Waals surface area contributed by atoms with Gasteiger partial charge in [-0.3, -0.25) is 4.79 Å². The Hall–Kier alpha value is -0.570. The molecule has 0 saturated heterocycles. The Morgan fingerprint density at radius 2 is 2.33 bits per heavy atom. The Morgan fingerprint density at radius 3 is 2.83 bits per heavy atom. The van der Waals surface area contributed by atoms with Gasteiger partial charge in [-0.2, -0.15) is 0 Å². The lowest BCUT2D eigenvalue weighted by molar-refractivity contribution is -0.136. The number of carboxylic acid groups (broad SMARTS) is 1. The van der Waals surface area contributed by atoms with E-state index in [-0.39, 0.29) is 6.54 Å². The third-order valence-corrected chi connectivity index (χ3v) is 3.17. The molecule has 12 heavy (non-hydrogen) atoms. The van der Waals surface area contributed by atoms with E-state index in [1.807, 2.05) is 0 Å². The maximum Gasteiger partial charge on any atom is 0.317 e. The van der Waals surface area contributed by atoms with Crippen LogP contribution in [0.15, 0.2) is 0 Å². The van der Waals surface area contributed by atoms with Gasteiger partial charge < -0.3 is 10.4 Å². The zero-order chi connectivity index (χ0) is 8.55. The predicted molar refractivity (Wildman–Crippen MR) is 44.8 cm³/mol. The zero-order valence-electron chi connectivity index (χ0n) is 7.12. The second-order valence-electron chi connectivity index (χ2n) is 4.02. The molecule has 2 fully saturated rings. The Labute approximate surface area is 72.2 Å². The van der Waals surface area contributed by atoms with Crippen molar-refractivity contribution in [1.29, 1.82) is 0 Å². The van der Waals surface area contributed by atoms with Crippen molar-refractivity contribution in [1.82, 2.24) is 5.32 Å². The van der Waals surface area contributed by atoms with E-state index in [9.17, 15) is 4.79 Å². The highest BCUT2D eigenvalue weighted by atomic mass is 16.4. The van der Waals surface area contributed by atoms with Gasteiger partial charge in [-0.1, -0.05) is 0 Å². The van der Waals surface area contributed by atoms with Crippen molar-refractivity contribution in [3.05, 3.63) is 0 Å². The van der Waals surface area contributed by atoms with Crippen LogP contribution in [0.5, 0.6) is 0 Å². The number of fused-ring (bicyclic) bond motifs is 1. The standard InChI is InChI=1S/C9H15NO2/c11-9(12)5-10-4-7-2-1-6-3-8(6)7/h6-8,10H,1-5H2,(H,11,12). The van der Waals surface area contributed by atoms with Gasteiger partial charge in [0.05, 0.1) is 6.54 Å². The molecule has 3 unspecified atom stereocenters. The van der Waals surface area contributed by atoms with Gasteiger partial charge in [0.2, 0.25) is 0 Å². The van der Waals surface area contributed by atoms with E-state index in [4.69, 9.17) is 5.11 Å². The fourth-order valence-corrected chi connectivity index (χ4v) is 2.44. The quantitative estimate of drug-likeness (QED) is 0.651. The van der Waals surface area contributed by atoms with Crippen LogP contribution in [0.2, 0.25) is 0 Å². The molecule has 0 aromatic heterocycles. The second kappa shape index (κ2) is 3.05. The molecule has 3 heteroatoms. The number of aliphatic carboxylic acids is 1. The van der Waals surface area contributed by atoms with Gasteiger partial charge in [-0.05, 0) is 43.6 Å². The summed E-state index contributed by atoms with van der Waals surface area (Å²) in [5.41, 5.74) is 0. The van der Waals surface area contributed by atoms with E-state index in [1.165, 1.54) is 19.3 Å². The number of carbonyl (C=O) groups is 1. The smallest absolute Gasteiger partial charge is 0.317 e. The molecule has 3 atom stereocenters. The van der Waals surface area contributed by atoms with Crippen molar-refractivity contribution >= 4 is 5.97 Å². The fourth-order valence-electron chi connectivity index (χ4n) is 2.44. The number of hydrogen-bond donors (Lipinski definition) is 2. The number of hydrogen-bond acceptors (Lipinski definition) is 2. The summed E-state index contributed by atoms with van der Waals surface area (Å²) in [6.45, 7) is 1.03. The molecule has 2 aliphatic rings. The van der Waals surface area contributed by atoms with Crippen molar-refractivity contribution in [2.24, 2.45) is 17.8 Å². The summed E-state index contributed by atoms with van der Waals surface area (Å²) in [7, 11) is 0. The van der Waals surface area contributed by atoms with E-state index in [0.29, 0.717) is 0 Å². The Kier molecular flexibility index (Phi) is 2.05. The van der Waals surface area contributed by atoms with Crippen LogP contribution in [0.4, 0.5) is 0 Å². The first-order chi connectivity index (χ1) is 5.77. The third-order valence-electron chi connectivity index (χ3n) is 3.17. The van der Waals surface area contributed by atoms with Gasteiger partial charge in [-0.25, -0.2) is 0 Å². The molecule has 0 radical (unpaired) electrons. The number of carboxylic acids is 1. The van der Waals surface area contributed by atoms with E-state index in [0.717, 1.165) is 24.3 Å². The van der Waals surface area contributed by atoms with Crippen LogP contribution in [0.1, 0.15) is 19.3 Å². The van der Waals surface area contributed by atoms with E-state index in [2.05, 4.69) is 5.32 Å². The molecule has 2 aliphatic carbocycles. The Balaban J connectivity index is 1.63. The SMILES string of the molecule is O=C(O)CNCC1CCC2CC12. The highest BCUT2D eigenvalue weighted by molar-refractivity contribution is 5.68. The van der Waals surface area contributed by atoms with E-state index >= 15 is 0 Å². The van der Waals surface area contributed by atoms with Crippen molar-refractivity contribution in [2.75, 3.05) is 13.1 Å². The van der Waals surface area contributed by atoms with Gasteiger partial charge in [0.25, 0.3) is 0 Å². The molecule has 68 valence electrons. The molecule has 2 N–H and O–H groups in total. The monoisotopic (exact) mass is 169 g/mol. The first kappa shape index (κ1) is 8.05. The van der Waals surface area contributed by atoms with Crippen molar-refractivity contribution in [2.45, 2.75) is 19.3 Å². The molecule has 0 spiro atoms. The highest BCUT2D eigenvalue weighted by Gasteiger charge is 2.47. The lowest BCUT2D eigenvalue weighted by Crippen LogP contribution is -2.28. The van der Waals surface area contributed by atoms with Gasteiger partial charge in [0, 0.05) is 0 Å². The summed E-state index contributed by atoms with van der Waals surface area (Å²) < 4.78 is 0. The Morgan fingerprint density at radius 1 is 1.50 bits per heavy atom. The van der Waals surface area contributed by atoms with Crippen LogP contribution in [0.3, 0.4) is 0 Å². The van der Waals surface area contributed by atoms with E-state index < -0.39 is 5.97 Å². The molecule has 0 aliphatic heterocycles. The third kappa shape index (κ3) is 1.61. The molecule has 0 aromatic rings. The molecule has 0 aromatic carbocycles. The maximum atomic E-state index is 10.2. The summed E-state index contributed by atoms with van der Waals surface area (Å²) in [4.78, 5) is 10.2. The summed E-state index contributed by atoms with van der Waals surface area (Å²) in [5, 5.41) is 11.4. The van der Waals surface area contributed by atoms with Gasteiger partial charge in [0.1, 0.15) is 0 Å². The van der Waals surface area contributed by atoms with Crippen LogP contribution in [0.25, 0.3) is 0 Å². The molecule has 0 bridgehead atoms. The maximum absolute atomic E-state index is 10.2. The van der Waals surface area contributed by atoms with Gasteiger partial charge in [-0.15, -0.1) is 0 Å². The largest absolute Gasteiger partial charge is 0.480 e. The number of nitrogens with one attached hydrogen (secondary N) is 1. The van der Waals surface area contributed by atoms with Crippen LogP contribution >= 0.6 is 0 Å². The van der Waals surface area contributed by atoms with Gasteiger partial charge >= 0.3 is 5.97 Å². The molecular formula is C9H15NO2. The molecule has 2 rings (SSSR count). The van der Waals surface area contributed by atoms with Crippen molar-refractivity contribution in [3.8, 4) is 0 Å². The predicted octanol–water partition coefficient (Wildman–Crippen LogP) is 0.707. The highest BCUT2D eigenvalue weighted by Crippen LogP contribution is 2.54.